The number of benzene rings is 3. The Bertz CT molecular complexity index is 1560. The molecule has 0 fully saturated rings. The lowest BCUT2D eigenvalue weighted by atomic mass is 10.1. The third-order valence-corrected chi connectivity index (χ3v) is 7.53. The van der Waals surface area contributed by atoms with Crippen molar-refractivity contribution in [1.82, 2.24) is 10.3 Å². The molecule has 0 bridgehead atoms. The van der Waals surface area contributed by atoms with Crippen molar-refractivity contribution in [3.05, 3.63) is 106 Å². The fourth-order valence-corrected chi connectivity index (χ4v) is 5.30. The standard InChI is InChI=1S/C26H24FN3O4S/c1-3-30(20-6-4-5-17(2)13-20)35(33,34)21-11-12-24-22(14-21)25(31)23(16-28-24)26(32)29-15-18-7-9-19(27)10-8-18/h4-14,16H,3,15H2,1-2H3,(H,28,31)(H,29,32). The minimum atomic E-state index is -3.96. The summed E-state index contributed by atoms with van der Waals surface area (Å²) in [5.74, 6) is -1.01. The van der Waals surface area contributed by atoms with Crippen molar-refractivity contribution in [2.75, 3.05) is 10.8 Å². The van der Waals surface area contributed by atoms with Gasteiger partial charge in [-0.05, 0) is 67.4 Å². The average molecular weight is 494 g/mol. The van der Waals surface area contributed by atoms with Gasteiger partial charge in [-0.15, -0.1) is 0 Å². The lowest BCUT2D eigenvalue weighted by Gasteiger charge is -2.23. The van der Waals surface area contributed by atoms with Gasteiger partial charge in [0.05, 0.1) is 10.6 Å². The number of hydrogen-bond donors (Lipinski definition) is 2. The van der Waals surface area contributed by atoms with Gasteiger partial charge in [0.25, 0.3) is 15.9 Å². The number of halogens is 1. The van der Waals surface area contributed by atoms with Gasteiger partial charge in [-0.2, -0.15) is 0 Å². The Hall–Kier alpha value is -3.98. The summed E-state index contributed by atoms with van der Waals surface area (Å²) in [6.45, 7) is 3.92. The van der Waals surface area contributed by atoms with E-state index in [1.54, 1.807) is 25.1 Å². The maximum Gasteiger partial charge on any atom is 0.264 e. The van der Waals surface area contributed by atoms with E-state index in [2.05, 4.69) is 10.3 Å². The fourth-order valence-electron chi connectivity index (χ4n) is 3.81. The molecule has 1 aromatic heterocycles. The summed E-state index contributed by atoms with van der Waals surface area (Å²) < 4.78 is 41.2. The van der Waals surface area contributed by atoms with E-state index in [-0.39, 0.29) is 34.8 Å². The van der Waals surface area contributed by atoms with Crippen LogP contribution < -0.4 is 15.1 Å². The van der Waals surface area contributed by atoms with Crippen LogP contribution in [0.4, 0.5) is 10.1 Å². The molecule has 0 aliphatic carbocycles. The summed E-state index contributed by atoms with van der Waals surface area (Å²) in [5, 5.41) is 2.72. The lowest BCUT2D eigenvalue weighted by Crippen LogP contribution is -2.31. The number of aryl methyl sites for hydroxylation is 1. The second kappa shape index (κ2) is 9.71. The molecule has 0 radical (unpaired) electrons. The van der Waals surface area contributed by atoms with Crippen LogP contribution >= 0.6 is 0 Å². The van der Waals surface area contributed by atoms with Crippen LogP contribution in [0.5, 0.6) is 0 Å². The lowest BCUT2D eigenvalue weighted by molar-refractivity contribution is 0.0949. The maximum absolute atomic E-state index is 13.4. The minimum Gasteiger partial charge on any atom is -0.360 e. The number of amides is 1. The van der Waals surface area contributed by atoms with Gasteiger partial charge in [0, 0.05) is 30.2 Å². The van der Waals surface area contributed by atoms with Crippen molar-refractivity contribution in [1.29, 1.82) is 0 Å². The van der Waals surface area contributed by atoms with Crippen LogP contribution in [-0.2, 0) is 16.6 Å². The molecule has 7 nitrogen and oxygen atoms in total. The zero-order valence-electron chi connectivity index (χ0n) is 19.2. The van der Waals surface area contributed by atoms with Crippen molar-refractivity contribution < 1.29 is 17.6 Å². The summed E-state index contributed by atoms with van der Waals surface area (Å²) >= 11 is 0. The molecule has 3 aromatic carbocycles. The Morgan fingerprint density at radius 3 is 2.49 bits per heavy atom. The second-order valence-corrected chi connectivity index (χ2v) is 9.92. The number of hydrogen-bond acceptors (Lipinski definition) is 4. The molecule has 0 unspecified atom stereocenters. The van der Waals surface area contributed by atoms with Gasteiger partial charge in [0.1, 0.15) is 11.4 Å². The smallest absolute Gasteiger partial charge is 0.264 e. The first kappa shape index (κ1) is 24.2. The number of nitrogens with zero attached hydrogens (tertiary/aromatic N) is 1. The highest BCUT2D eigenvalue weighted by Gasteiger charge is 2.25. The highest BCUT2D eigenvalue weighted by atomic mass is 32.2. The molecule has 35 heavy (non-hydrogen) atoms. The van der Waals surface area contributed by atoms with Crippen molar-refractivity contribution in [2.24, 2.45) is 0 Å². The van der Waals surface area contributed by atoms with E-state index in [4.69, 9.17) is 0 Å². The third-order valence-electron chi connectivity index (χ3n) is 5.63. The Kier molecular flexibility index (Phi) is 6.70. The third kappa shape index (κ3) is 4.95. The number of aromatic nitrogens is 1. The van der Waals surface area contributed by atoms with Crippen LogP contribution in [-0.4, -0.2) is 25.9 Å². The SMILES string of the molecule is CCN(c1cccc(C)c1)S(=O)(=O)c1ccc2[nH]cc(C(=O)NCc3ccc(F)cc3)c(=O)c2c1. The normalized spacial score (nSPS) is 11.4. The van der Waals surface area contributed by atoms with Gasteiger partial charge in [-0.25, -0.2) is 12.8 Å². The van der Waals surface area contributed by atoms with Crippen LogP contribution in [0.2, 0.25) is 0 Å². The number of pyridine rings is 1. The number of carbonyl (C=O) groups is 1. The average Bonchev–Trinajstić information content (AvgIpc) is 2.84. The zero-order chi connectivity index (χ0) is 25.2. The fraction of sp³-hybridized carbons (Fsp3) is 0.154. The summed E-state index contributed by atoms with van der Waals surface area (Å²) in [6.07, 6.45) is 1.30. The zero-order valence-corrected chi connectivity index (χ0v) is 20.0. The molecule has 180 valence electrons. The monoisotopic (exact) mass is 493 g/mol. The number of fused-ring (bicyclic) bond motifs is 1. The van der Waals surface area contributed by atoms with E-state index in [9.17, 15) is 22.4 Å². The van der Waals surface area contributed by atoms with E-state index in [0.717, 1.165) is 5.56 Å². The van der Waals surface area contributed by atoms with E-state index < -0.39 is 21.4 Å². The van der Waals surface area contributed by atoms with Crippen molar-refractivity contribution in [3.8, 4) is 0 Å². The van der Waals surface area contributed by atoms with Gasteiger partial charge in [-0.3, -0.25) is 13.9 Å². The van der Waals surface area contributed by atoms with Crippen LogP contribution in [0.15, 0.2) is 82.6 Å². The molecule has 0 saturated carbocycles. The summed E-state index contributed by atoms with van der Waals surface area (Å²) in [5.41, 5.74) is 1.77. The number of carbonyl (C=O) groups excluding carboxylic acids is 1. The van der Waals surface area contributed by atoms with Gasteiger partial charge in [0.2, 0.25) is 5.43 Å². The van der Waals surface area contributed by atoms with Crippen LogP contribution in [0, 0.1) is 12.7 Å². The summed E-state index contributed by atoms with van der Waals surface area (Å²) in [7, 11) is -3.96. The molecule has 9 heteroatoms. The van der Waals surface area contributed by atoms with E-state index in [1.165, 1.54) is 53.0 Å². The predicted octanol–water partition coefficient (Wildman–Crippen LogP) is 4.12. The topological polar surface area (TPSA) is 99.3 Å². The quantitative estimate of drug-likeness (QED) is 0.405. The van der Waals surface area contributed by atoms with Crippen molar-refractivity contribution >= 4 is 32.5 Å². The van der Waals surface area contributed by atoms with Gasteiger partial charge >= 0.3 is 0 Å². The molecular weight excluding hydrogens is 469 g/mol. The number of anilines is 1. The van der Waals surface area contributed by atoms with E-state index in [1.807, 2.05) is 13.0 Å². The number of H-pyrrole nitrogens is 1. The molecule has 0 atom stereocenters. The largest absolute Gasteiger partial charge is 0.360 e. The first-order valence-corrected chi connectivity index (χ1v) is 12.4. The van der Waals surface area contributed by atoms with E-state index >= 15 is 0 Å². The van der Waals surface area contributed by atoms with Crippen LogP contribution in [0.1, 0.15) is 28.4 Å². The predicted molar refractivity (Wildman–Crippen MR) is 134 cm³/mol. The molecule has 1 heterocycles. The van der Waals surface area contributed by atoms with Crippen LogP contribution in [0.25, 0.3) is 10.9 Å². The molecule has 1 amide bonds. The highest BCUT2D eigenvalue weighted by Crippen LogP contribution is 2.25. The highest BCUT2D eigenvalue weighted by molar-refractivity contribution is 7.92. The first-order valence-electron chi connectivity index (χ1n) is 11.0. The van der Waals surface area contributed by atoms with Crippen molar-refractivity contribution in [3.63, 3.8) is 0 Å². The Morgan fingerprint density at radius 2 is 1.80 bits per heavy atom. The second-order valence-electron chi connectivity index (χ2n) is 8.06. The molecule has 0 aliphatic rings. The number of rotatable bonds is 7. The molecule has 2 N–H and O–H groups in total. The maximum atomic E-state index is 13.4. The van der Waals surface area contributed by atoms with E-state index in [0.29, 0.717) is 16.8 Å². The first-order chi connectivity index (χ1) is 16.7. The molecule has 0 spiro atoms. The number of sulfonamides is 1. The Balaban J connectivity index is 1.67. The Labute approximate surface area is 202 Å². The molecule has 4 rings (SSSR count). The molecule has 0 saturated heterocycles. The Morgan fingerprint density at radius 1 is 1.06 bits per heavy atom. The number of aromatic amines is 1. The molecule has 4 aromatic rings. The van der Waals surface area contributed by atoms with Gasteiger partial charge in [-0.1, -0.05) is 24.3 Å². The molecular formula is C26H24FN3O4S. The van der Waals surface area contributed by atoms with Gasteiger partial charge in [0.15, 0.2) is 0 Å². The summed E-state index contributed by atoms with van der Waals surface area (Å²) in [4.78, 5) is 28.6. The van der Waals surface area contributed by atoms with Gasteiger partial charge < -0.3 is 10.3 Å². The number of nitrogens with one attached hydrogen (secondary N) is 2. The van der Waals surface area contributed by atoms with Crippen molar-refractivity contribution in [2.45, 2.75) is 25.3 Å². The molecule has 0 aliphatic heterocycles. The summed E-state index contributed by atoms with van der Waals surface area (Å²) in [6, 6.07) is 17.0. The minimum absolute atomic E-state index is 0.0530. The van der Waals surface area contributed by atoms with Crippen LogP contribution in [0.3, 0.4) is 0 Å².